The van der Waals surface area contributed by atoms with Crippen LogP contribution in [0.1, 0.15) is 27.7 Å². The van der Waals surface area contributed by atoms with Gasteiger partial charge in [0.05, 0.1) is 23.6 Å². The van der Waals surface area contributed by atoms with Crippen LogP contribution in [0.5, 0.6) is 11.5 Å². The molecule has 0 saturated carbocycles. The quantitative estimate of drug-likeness (QED) is 0.348. The predicted octanol–water partition coefficient (Wildman–Crippen LogP) is 4.98. The van der Waals surface area contributed by atoms with Crippen LogP contribution in [-0.4, -0.2) is 48.7 Å². The molecule has 3 aromatic rings. The SMILES string of the molecule is COC(=O)c1sc(-c2cccc(CN(Cc3ccc(OC)cc3)C(C)=O)c2)c(Br)c1OCC(=O)O. The van der Waals surface area contributed by atoms with Gasteiger partial charge in [0, 0.05) is 20.0 Å². The van der Waals surface area contributed by atoms with Gasteiger partial charge in [-0.25, -0.2) is 9.59 Å². The van der Waals surface area contributed by atoms with Crippen molar-refractivity contribution in [3.63, 3.8) is 0 Å². The molecule has 8 nitrogen and oxygen atoms in total. The highest BCUT2D eigenvalue weighted by molar-refractivity contribution is 9.10. The number of rotatable bonds is 10. The number of aliphatic carboxylic acids is 1. The van der Waals surface area contributed by atoms with Crippen LogP contribution in [0.4, 0.5) is 0 Å². The Bertz CT molecular complexity index is 1220. The molecule has 1 amide bonds. The smallest absolute Gasteiger partial charge is 0.351 e. The molecule has 0 aliphatic rings. The van der Waals surface area contributed by atoms with E-state index in [-0.39, 0.29) is 16.5 Å². The molecule has 10 heteroatoms. The van der Waals surface area contributed by atoms with Crippen molar-refractivity contribution in [2.75, 3.05) is 20.8 Å². The second-order valence-corrected chi connectivity index (χ2v) is 9.31. The Morgan fingerprint density at radius 2 is 1.71 bits per heavy atom. The van der Waals surface area contributed by atoms with Crippen LogP contribution in [0, 0.1) is 0 Å². The number of methoxy groups -OCH3 is 2. The van der Waals surface area contributed by atoms with E-state index in [9.17, 15) is 14.4 Å². The summed E-state index contributed by atoms with van der Waals surface area (Å²) in [7, 11) is 2.85. The molecule has 0 spiro atoms. The van der Waals surface area contributed by atoms with E-state index in [1.165, 1.54) is 14.0 Å². The number of carbonyl (C=O) groups excluding carboxylic acids is 2. The highest BCUT2D eigenvalue weighted by Gasteiger charge is 2.25. The second kappa shape index (κ2) is 11.9. The maximum absolute atomic E-state index is 12.3. The number of halogens is 1. The van der Waals surface area contributed by atoms with Gasteiger partial charge in [-0.2, -0.15) is 0 Å². The Morgan fingerprint density at radius 1 is 1.03 bits per heavy atom. The Morgan fingerprint density at radius 3 is 2.31 bits per heavy atom. The van der Waals surface area contributed by atoms with E-state index in [1.54, 1.807) is 12.0 Å². The molecule has 0 fully saturated rings. The van der Waals surface area contributed by atoms with Crippen molar-refractivity contribution in [1.82, 2.24) is 4.90 Å². The molecule has 1 aromatic heterocycles. The van der Waals surface area contributed by atoms with E-state index in [1.807, 2.05) is 48.5 Å². The minimum Gasteiger partial charge on any atom is -0.497 e. The van der Waals surface area contributed by atoms with Crippen molar-refractivity contribution in [3.05, 3.63) is 69.0 Å². The standard InChI is InChI=1S/C25H24BrNO7S/c1-15(28)27(12-16-7-9-19(32-2)10-8-16)13-17-5-4-6-18(11-17)23-21(26)22(34-14-20(29)30)24(35-23)25(31)33-3/h4-11H,12-14H2,1-3H3,(H,29,30). The van der Waals surface area contributed by atoms with Crippen molar-refractivity contribution < 1.29 is 33.7 Å². The monoisotopic (exact) mass is 561 g/mol. The van der Waals surface area contributed by atoms with Gasteiger partial charge >= 0.3 is 11.9 Å². The third-order valence-corrected chi connectivity index (χ3v) is 7.28. The molecule has 184 valence electrons. The molecule has 35 heavy (non-hydrogen) atoms. The zero-order valence-corrected chi connectivity index (χ0v) is 21.8. The number of nitrogens with zero attached hydrogens (tertiary/aromatic N) is 1. The molecule has 0 unspecified atom stereocenters. The number of carboxylic acids is 1. The zero-order valence-electron chi connectivity index (χ0n) is 19.4. The lowest BCUT2D eigenvalue weighted by atomic mass is 10.1. The van der Waals surface area contributed by atoms with Gasteiger partial charge in [-0.15, -0.1) is 11.3 Å². The summed E-state index contributed by atoms with van der Waals surface area (Å²) in [6.07, 6.45) is 0. The van der Waals surface area contributed by atoms with Crippen LogP contribution in [0.25, 0.3) is 10.4 Å². The number of amides is 1. The van der Waals surface area contributed by atoms with Gasteiger partial charge in [0.2, 0.25) is 5.91 Å². The molecular weight excluding hydrogens is 538 g/mol. The predicted molar refractivity (Wildman–Crippen MR) is 135 cm³/mol. The van der Waals surface area contributed by atoms with Gasteiger partial charge < -0.3 is 24.2 Å². The normalized spacial score (nSPS) is 10.5. The van der Waals surface area contributed by atoms with Gasteiger partial charge in [0.1, 0.15) is 5.75 Å². The Kier molecular flexibility index (Phi) is 8.89. The number of benzene rings is 2. The fraction of sp³-hybridized carbons (Fsp3) is 0.240. The molecule has 2 aromatic carbocycles. The lowest BCUT2D eigenvalue weighted by molar-refractivity contribution is -0.139. The third-order valence-electron chi connectivity index (χ3n) is 5.06. The molecule has 0 aliphatic carbocycles. The van der Waals surface area contributed by atoms with Gasteiger partial charge in [0.25, 0.3) is 0 Å². The number of carbonyl (C=O) groups is 3. The fourth-order valence-corrected chi connectivity index (χ4v) is 5.30. The summed E-state index contributed by atoms with van der Waals surface area (Å²) in [5.41, 5.74) is 2.64. The van der Waals surface area contributed by atoms with Gasteiger partial charge in [-0.1, -0.05) is 30.3 Å². The van der Waals surface area contributed by atoms with Gasteiger partial charge in [-0.05, 0) is 50.8 Å². The summed E-state index contributed by atoms with van der Waals surface area (Å²) < 4.78 is 15.8. The van der Waals surface area contributed by atoms with Crippen molar-refractivity contribution in [3.8, 4) is 21.9 Å². The first-order valence-electron chi connectivity index (χ1n) is 10.5. The summed E-state index contributed by atoms with van der Waals surface area (Å²) >= 11 is 4.58. The van der Waals surface area contributed by atoms with Crippen LogP contribution < -0.4 is 9.47 Å². The molecule has 0 radical (unpaired) electrons. The Labute approximate surface area is 215 Å². The van der Waals surface area contributed by atoms with Gasteiger partial charge in [0.15, 0.2) is 17.2 Å². The lowest BCUT2D eigenvalue weighted by Gasteiger charge is -2.22. The third kappa shape index (κ3) is 6.61. The van der Waals surface area contributed by atoms with Gasteiger partial charge in [-0.3, -0.25) is 4.79 Å². The molecule has 0 aliphatic heterocycles. The lowest BCUT2D eigenvalue weighted by Crippen LogP contribution is -2.27. The van der Waals surface area contributed by atoms with Crippen molar-refractivity contribution in [1.29, 1.82) is 0 Å². The minimum atomic E-state index is -1.16. The molecule has 0 saturated heterocycles. The highest BCUT2D eigenvalue weighted by Crippen LogP contribution is 2.46. The van der Waals surface area contributed by atoms with E-state index >= 15 is 0 Å². The van der Waals surface area contributed by atoms with Crippen molar-refractivity contribution >= 4 is 45.1 Å². The summed E-state index contributed by atoms with van der Waals surface area (Å²) in [4.78, 5) is 38.2. The molecule has 3 rings (SSSR count). The fourth-order valence-electron chi connectivity index (χ4n) is 3.33. The van der Waals surface area contributed by atoms with Crippen LogP contribution in [0.3, 0.4) is 0 Å². The van der Waals surface area contributed by atoms with Crippen LogP contribution >= 0.6 is 27.3 Å². The molecular formula is C25H24BrNO7S. The molecule has 0 bridgehead atoms. The van der Waals surface area contributed by atoms with E-state index in [4.69, 9.17) is 19.3 Å². The average molecular weight is 562 g/mol. The number of hydrogen-bond acceptors (Lipinski definition) is 7. The number of hydrogen-bond donors (Lipinski definition) is 1. The summed E-state index contributed by atoms with van der Waals surface area (Å²) in [5.74, 6) is -0.991. The Hall–Kier alpha value is -3.37. The number of ether oxygens (including phenoxy) is 3. The molecule has 0 atom stereocenters. The van der Waals surface area contributed by atoms with E-state index in [2.05, 4.69) is 15.9 Å². The Balaban J connectivity index is 1.88. The van der Waals surface area contributed by atoms with E-state index in [0.29, 0.717) is 22.4 Å². The first kappa shape index (κ1) is 26.2. The highest BCUT2D eigenvalue weighted by atomic mass is 79.9. The largest absolute Gasteiger partial charge is 0.497 e. The first-order valence-corrected chi connectivity index (χ1v) is 12.1. The first-order chi connectivity index (χ1) is 16.7. The topological polar surface area (TPSA) is 102 Å². The zero-order chi connectivity index (χ0) is 25.5. The van der Waals surface area contributed by atoms with Crippen LogP contribution in [0.15, 0.2) is 53.0 Å². The number of thiophene rings is 1. The molecule has 1 heterocycles. The summed E-state index contributed by atoms with van der Waals surface area (Å²) in [5, 5.41) is 8.98. The second-order valence-electron chi connectivity index (χ2n) is 7.50. The van der Waals surface area contributed by atoms with Crippen LogP contribution in [-0.2, 0) is 27.4 Å². The maximum Gasteiger partial charge on any atom is 0.351 e. The van der Waals surface area contributed by atoms with Crippen molar-refractivity contribution in [2.24, 2.45) is 0 Å². The minimum absolute atomic E-state index is 0.0686. The van der Waals surface area contributed by atoms with E-state index < -0.39 is 18.5 Å². The number of esters is 1. The molecule has 1 N–H and O–H groups in total. The average Bonchev–Trinajstić information content (AvgIpc) is 3.18. The van der Waals surface area contributed by atoms with E-state index in [0.717, 1.165) is 33.8 Å². The maximum atomic E-state index is 12.3. The van der Waals surface area contributed by atoms with Crippen LogP contribution in [0.2, 0.25) is 0 Å². The number of carboxylic acid groups (broad SMARTS) is 1. The summed E-state index contributed by atoms with van der Waals surface area (Å²) in [6.45, 7) is 1.74. The summed E-state index contributed by atoms with van der Waals surface area (Å²) in [6, 6.07) is 15.1. The van der Waals surface area contributed by atoms with Crippen molar-refractivity contribution in [2.45, 2.75) is 20.0 Å².